The highest BCUT2D eigenvalue weighted by Gasteiger charge is 2.53. The van der Waals surface area contributed by atoms with Gasteiger partial charge in [-0.1, -0.05) is 18.2 Å². The third kappa shape index (κ3) is 2.83. The summed E-state index contributed by atoms with van der Waals surface area (Å²) in [6.07, 6.45) is 8.83. The number of benzene rings is 1. The van der Waals surface area contributed by atoms with E-state index in [9.17, 15) is 9.59 Å². The van der Waals surface area contributed by atoms with Crippen molar-refractivity contribution in [3.05, 3.63) is 34.9 Å². The third-order valence-corrected chi connectivity index (χ3v) is 5.97. The van der Waals surface area contributed by atoms with Gasteiger partial charge in [-0.2, -0.15) is 0 Å². The van der Waals surface area contributed by atoms with Gasteiger partial charge in [-0.05, 0) is 68.1 Å². The topological polar surface area (TPSA) is 55.4 Å². The van der Waals surface area contributed by atoms with Crippen LogP contribution in [-0.2, 0) is 33.7 Å². The van der Waals surface area contributed by atoms with Gasteiger partial charge in [0.1, 0.15) is 5.60 Å². The van der Waals surface area contributed by atoms with Gasteiger partial charge in [0.25, 0.3) is 0 Å². The fourth-order valence-corrected chi connectivity index (χ4v) is 4.66. The van der Waals surface area contributed by atoms with Crippen LogP contribution >= 0.6 is 0 Å². The lowest BCUT2D eigenvalue weighted by Gasteiger charge is -2.28. The van der Waals surface area contributed by atoms with Crippen LogP contribution in [0.4, 0.5) is 0 Å². The van der Waals surface area contributed by atoms with E-state index in [1.807, 2.05) is 0 Å². The van der Waals surface area contributed by atoms with E-state index < -0.39 is 5.60 Å². The highest BCUT2D eigenvalue weighted by molar-refractivity contribution is 5.87. The van der Waals surface area contributed by atoms with Gasteiger partial charge in [0, 0.05) is 6.54 Å². The zero-order chi connectivity index (χ0) is 16.6. The first-order chi connectivity index (χ1) is 11.7. The summed E-state index contributed by atoms with van der Waals surface area (Å²) in [6.45, 7) is 0.535. The number of fused-ring (bicyclic) bond motifs is 1. The number of esters is 1. The molecule has 2 aliphatic carbocycles. The molecule has 24 heavy (non-hydrogen) atoms. The maximum absolute atomic E-state index is 12.7. The van der Waals surface area contributed by atoms with Crippen LogP contribution < -0.4 is 5.32 Å². The Labute approximate surface area is 143 Å². The zero-order valence-electron chi connectivity index (χ0n) is 14.1. The molecule has 0 radical (unpaired) electrons. The molecular formula is C20H25NO3. The van der Waals surface area contributed by atoms with Gasteiger partial charge in [0.05, 0.1) is 12.3 Å². The van der Waals surface area contributed by atoms with Crippen molar-refractivity contribution < 1.29 is 14.3 Å². The van der Waals surface area contributed by atoms with E-state index >= 15 is 0 Å². The summed E-state index contributed by atoms with van der Waals surface area (Å²) in [5, 5.41) is 3.05. The van der Waals surface area contributed by atoms with E-state index in [1.54, 1.807) is 0 Å². The van der Waals surface area contributed by atoms with E-state index in [2.05, 4.69) is 23.5 Å². The van der Waals surface area contributed by atoms with Gasteiger partial charge in [-0.25, -0.2) is 0 Å². The zero-order valence-corrected chi connectivity index (χ0v) is 14.1. The molecule has 1 aromatic carbocycles. The molecule has 1 amide bonds. The predicted molar refractivity (Wildman–Crippen MR) is 90.3 cm³/mol. The Balaban J connectivity index is 1.42. The van der Waals surface area contributed by atoms with Gasteiger partial charge >= 0.3 is 5.97 Å². The number of amides is 1. The number of hydrogen-bond acceptors (Lipinski definition) is 3. The predicted octanol–water partition coefficient (Wildman–Crippen LogP) is 3.06. The molecule has 4 rings (SSSR count). The molecule has 1 saturated carbocycles. The lowest BCUT2D eigenvalue weighted by Crippen LogP contribution is -2.42. The van der Waals surface area contributed by atoms with Crippen LogP contribution in [0.2, 0.25) is 0 Å². The molecule has 1 N–H and O–H groups in total. The number of rotatable bonds is 3. The second-order valence-corrected chi connectivity index (χ2v) is 7.53. The van der Waals surface area contributed by atoms with E-state index in [0.29, 0.717) is 6.54 Å². The minimum absolute atomic E-state index is 0.0273. The molecule has 1 spiro atoms. The molecule has 4 heteroatoms. The minimum Gasteiger partial charge on any atom is -0.458 e. The quantitative estimate of drug-likeness (QED) is 0.868. The summed E-state index contributed by atoms with van der Waals surface area (Å²) >= 11 is 0. The fraction of sp³-hybridized carbons (Fsp3) is 0.600. The monoisotopic (exact) mass is 327 g/mol. The van der Waals surface area contributed by atoms with E-state index in [0.717, 1.165) is 37.7 Å². The minimum atomic E-state index is -0.517. The summed E-state index contributed by atoms with van der Waals surface area (Å²) < 4.78 is 5.57. The molecule has 1 aromatic rings. The number of hydrogen-bond donors (Lipinski definition) is 1. The van der Waals surface area contributed by atoms with Crippen LogP contribution in [0.1, 0.15) is 61.6 Å². The molecule has 1 atom stereocenters. The van der Waals surface area contributed by atoms with Crippen molar-refractivity contribution >= 4 is 11.9 Å². The first-order valence-electron chi connectivity index (χ1n) is 9.27. The standard InChI is InChI=1S/C20H25NO3/c22-18-12-17(20(24-18)9-3-4-10-20)19(23)21-13-14-7-8-15-5-1-2-6-16(15)11-14/h7-8,11,17H,1-6,9-10,12-13H2,(H,21,23)/t17-/m0/s1. The van der Waals surface area contributed by atoms with Crippen LogP contribution in [0, 0.1) is 5.92 Å². The molecule has 1 aliphatic heterocycles. The van der Waals surface area contributed by atoms with E-state index in [4.69, 9.17) is 4.74 Å². The molecule has 0 unspecified atom stereocenters. The molecular weight excluding hydrogens is 302 g/mol. The lowest BCUT2D eigenvalue weighted by molar-refractivity contribution is -0.149. The van der Waals surface area contributed by atoms with Crippen molar-refractivity contribution in [1.82, 2.24) is 5.32 Å². The summed E-state index contributed by atoms with van der Waals surface area (Å²) in [7, 11) is 0. The van der Waals surface area contributed by atoms with Crippen LogP contribution in [0.15, 0.2) is 18.2 Å². The number of carbonyl (C=O) groups excluding carboxylic acids is 2. The average molecular weight is 327 g/mol. The lowest BCUT2D eigenvalue weighted by atomic mass is 9.85. The molecule has 2 fully saturated rings. The largest absolute Gasteiger partial charge is 0.458 e. The van der Waals surface area contributed by atoms with Crippen molar-refractivity contribution in [2.24, 2.45) is 5.92 Å². The van der Waals surface area contributed by atoms with Crippen molar-refractivity contribution in [2.45, 2.75) is 69.9 Å². The van der Waals surface area contributed by atoms with Crippen molar-refractivity contribution in [2.75, 3.05) is 0 Å². The Bertz CT molecular complexity index is 661. The Kier molecular flexibility index (Phi) is 4.07. The van der Waals surface area contributed by atoms with Gasteiger partial charge < -0.3 is 10.1 Å². The Hall–Kier alpha value is -1.84. The summed E-state index contributed by atoms with van der Waals surface area (Å²) in [4.78, 5) is 24.4. The molecule has 0 aromatic heterocycles. The van der Waals surface area contributed by atoms with Crippen LogP contribution in [-0.4, -0.2) is 17.5 Å². The van der Waals surface area contributed by atoms with Crippen molar-refractivity contribution in [3.8, 4) is 0 Å². The summed E-state index contributed by atoms with van der Waals surface area (Å²) in [5.74, 6) is -0.559. The Morgan fingerprint density at radius 2 is 1.88 bits per heavy atom. The van der Waals surface area contributed by atoms with Crippen molar-refractivity contribution in [3.63, 3.8) is 0 Å². The normalized spacial score (nSPS) is 24.7. The molecule has 128 valence electrons. The van der Waals surface area contributed by atoms with Crippen LogP contribution in [0.3, 0.4) is 0 Å². The van der Waals surface area contributed by atoms with Crippen LogP contribution in [0.5, 0.6) is 0 Å². The maximum Gasteiger partial charge on any atom is 0.307 e. The molecule has 1 saturated heterocycles. The first kappa shape index (κ1) is 15.7. The van der Waals surface area contributed by atoms with E-state index in [1.165, 1.54) is 30.4 Å². The fourth-order valence-electron chi connectivity index (χ4n) is 4.66. The molecule has 0 bridgehead atoms. The molecule has 4 nitrogen and oxygen atoms in total. The second-order valence-electron chi connectivity index (χ2n) is 7.53. The van der Waals surface area contributed by atoms with Gasteiger partial charge in [-0.3, -0.25) is 9.59 Å². The summed E-state index contributed by atoms with van der Waals surface area (Å²) in [5.41, 5.74) is 3.52. The Morgan fingerprint density at radius 3 is 2.67 bits per heavy atom. The number of carbonyl (C=O) groups is 2. The van der Waals surface area contributed by atoms with Crippen LogP contribution in [0.25, 0.3) is 0 Å². The highest BCUT2D eigenvalue weighted by atomic mass is 16.6. The Morgan fingerprint density at radius 1 is 1.12 bits per heavy atom. The second kappa shape index (κ2) is 6.23. The number of nitrogens with one attached hydrogen (secondary N) is 1. The molecule has 3 aliphatic rings. The molecule has 1 heterocycles. The SMILES string of the molecule is O=C1C[C@@H](C(=O)NCc2ccc3c(c2)CCCC3)C2(CCCC2)O1. The average Bonchev–Trinajstić information content (AvgIpc) is 3.19. The third-order valence-electron chi connectivity index (χ3n) is 5.97. The smallest absolute Gasteiger partial charge is 0.307 e. The van der Waals surface area contributed by atoms with Gasteiger partial charge in [0.15, 0.2) is 0 Å². The maximum atomic E-state index is 12.7. The van der Waals surface area contributed by atoms with Crippen molar-refractivity contribution in [1.29, 1.82) is 0 Å². The van der Waals surface area contributed by atoms with Gasteiger partial charge in [-0.15, -0.1) is 0 Å². The van der Waals surface area contributed by atoms with E-state index in [-0.39, 0.29) is 24.2 Å². The number of ether oxygens (including phenoxy) is 1. The first-order valence-corrected chi connectivity index (χ1v) is 9.27. The van der Waals surface area contributed by atoms with Gasteiger partial charge in [0.2, 0.25) is 5.91 Å². The number of aryl methyl sites for hydroxylation is 2. The summed E-state index contributed by atoms with van der Waals surface area (Å²) in [6, 6.07) is 6.55. The highest BCUT2D eigenvalue weighted by Crippen LogP contribution is 2.45.